The van der Waals surface area contributed by atoms with Crippen LogP contribution in [0.25, 0.3) is 0 Å². The van der Waals surface area contributed by atoms with Gasteiger partial charge in [-0.15, -0.1) is 0 Å². The zero-order valence-corrected chi connectivity index (χ0v) is 13.8. The van der Waals surface area contributed by atoms with E-state index >= 15 is 0 Å². The number of rotatable bonds is 5. The molecule has 0 aromatic heterocycles. The van der Waals surface area contributed by atoms with Crippen LogP contribution in [-0.4, -0.2) is 18.5 Å². The number of aryl methyl sites for hydroxylation is 2. The predicted molar refractivity (Wildman–Crippen MR) is 93.7 cm³/mol. The van der Waals surface area contributed by atoms with Crippen molar-refractivity contribution in [2.24, 2.45) is 0 Å². The van der Waals surface area contributed by atoms with E-state index in [1.54, 1.807) is 12.1 Å². The lowest BCUT2D eigenvalue weighted by Gasteiger charge is -2.09. The molecule has 0 saturated heterocycles. The van der Waals surface area contributed by atoms with Crippen LogP contribution >= 0.6 is 0 Å². The maximum absolute atomic E-state index is 12.8. The molecule has 0 aliphatic heterocycles. The van der Waals surface area contributed by atoms with Gasteiger partial charge >= 0.3 is 6.03 Å². The number of anilines is 1. The highest BCUT2D eigenvalue weighted by Crippen LogP contribution is 2.24. The van der Waals surface area contributed by atoms with Crippen LogP contribution in [0.3, 0.4) is 0 Å². The zero-order valence-electron chi connectivity index (χ0n) is 13.8. The van der Waals surface area contributed by atoms with Gasteiger partial charge in [0.15, 0.2) is 0 Å². The van der Waals surface area contributed by atoms with E-state index in [0.29, 0.717) is 0 Å². The van der Waals surface area contributed by atoms with Gasteiger partial charge in [0.1, 0.15) is 5.82 Å². The van der Waals surface area contributed by atoms with E-state index in [1.807, 2.05) is 18.2 Å². The second-order valence-electron chi connectivity index (χ2n) is 6.05. The van der Waals surface area contributed by atoms with Crippen molar-refractivity contribution in [1.29, 1.82) is 0 Å². The molecule has 0 bridgehead atoms. The van der Waals surface area contributed by atoms with Crippen molar-refractivity contribution in [3.63, 3.8) is 0 Å². The van der Waals surface area contributed by atoms with Crippen LogP contribution in [0.2, 0.25) is 0 Å². The summed E-state index contributed by atoms with van der Waals surface area (Å²) in [6.45, 7) is 0.144. The van der Waals surface area contributed by atoms with E-state index in [2.05, 4.69) is 16.0 Å². The zero-order chi connectivity index (χ0) is 17.6. The van der Waals surface area contributed by atoms with Crippen molar-refractivity contribution in [2.45, 2.75) is 25.8 Å². The minimum atomic E-state index is -0.451. The Morgan fingerprint density at radius 3 is 2.52 bits per heavy atom. The first-order valence-corrected chi connectivity index (χ1v) is 8.28. The SMILES string of the molecule is O=C(CNC(=O)NCc1ccc(F)cc1)Nc1ccc2c(c1)CCC2. The average molecular weight is 341 g/mol. The molecule has 3 N–H and O–H groups in total. The Bertz CT molecular complexity index is 775. The van der Waals surface area contributed by atoms with Crippen molar-refractivity contribution >= 4 is 17.6 Å². The predicted octanol–water partition coefficient (Wildman–Crippen LogP) is 2.75. The van der Waals surface area contributed by atoms with E-state index in [4.69, 9.17) is 0 Å². The van der Waals surface area contributed by atoms with Gasteiger partial charge in [0.25, 0.3) is 0 Å². The Hall–Kier alpha value is -2.89. The van der Waals surface area contributed by atoms with E-state index in [0.717, 1.165) is 30.5 Å². The number of fused-ring (bicyclic) bond motifs is 1. The number of urea groups is 1. The standard InChI is InChI=1S/C19H20FN3O2/c20-16-7-4-13(5-8-16)11-21-19(25)22-12-18(24)23-17-9-6-14-2-1-3-15(14)10-17/h4-10H,1-3,11-12H2,(H,23,24)(H2,21,22,25). The molecule has 0 spiro atoms. The third kappa shape index (κ3) is 4.79. The molecule has 0 saturated carbocycles. The average Bonchev–Trinajstić information content (AvgIpc) is 3.07. The first kappa shape index (κ1) is 17.0. The van der Waals surface area contributed by atoms with Crippen LogP contribution in [0.5, 0.6) is 0 Å². The molecule has 1 aliphatic carbocycles. The topological polar surface area (TPSA) is 70.2 Å². The van der Waals surface area contributed by atoms with E-state index < -0.39 is 6.03 Å². The molecule has 1 aliphatic rings. The highest BCUT2D eigenvalue weighted by Gasteiger charge is 2.12. The lowest BCUT2D eigenvalue weighted by atomic mass is 10.1. The lowest BCUT2D eigenvalue weighted by molar-refractivity contribution is -0.115. The molecule has 6 heteroatoms. The molecule has 0 radical (unpaired) electrons. The summed E-state index contributed by atoms with van der Waals surface area (Å²) in [7, 11) is 0. The molecule has 25 heavy (non-hydrogen) atoms. The number of nitrogens with one attached hydrogen (secondary N) is 3. The number of hydrogen-bond acceptors (Lipinski definition) is 2. The van der Waals surface area contributed by atoms with E-state index in [1.165, 1.54) is 23.3 Å². The number of carbonyl (C=O) groups is 2. The van der Waals surface area contributed by atoms with E-state index in [9.17, 15) is 14.0 Å². The molecule has 2 aromatic rings. The second-order valence-corrected chi connectivity index (χ2v) is 6.05. The Morgan fingerprint density at radius 1 is 0.960 bits per heavy atom. The van der Waals surface area contributed by atoms with Gasteiger partial charge in [-0.1, -0.05) is 18.2 Å². The first-order chi connectivity index (χ1) is 12.1. The van der Waals surface area contributed by atoms with Crippen molar-refractivity contribution in [3.8, 4) is 0 Å². The minimum absolute atomic E-state index is 0.119. The van der Waals surface area contributed by atoms with Crippen molar-refractivity contribution < 1.29 is 14.0 Å². The van der Waals surface area contributed by atoms with Gasteiger partial charge in [-0.2, -0.15) is 0 Å². The second kappa shape index (κ2) is 7.79. The van der Waals surface area contributed by atoms with Crippen LogP contribution in [-0.2, 0) is 24.2 Å². The summed E-state index contributed by atoms with van der Waals surface area (Å²) in [5.41, 5.74) is 4.15. The molecule has 3 rings (SSSR count). The Morgan fingerprint density at radius 2 is 1.72 bits per heavy atom. The fraction of sp³-hybridized carbons (Fsp3) is 0.263. The summed E-state index contributed by atoms with van der Waals surface area (Å²) in [6, 6.07) is 11.3. The maximum Gasteiger partial charge on any atom is 0.315 e. The molecule has 0 fully saturated rings. The normalized spacial score (nSPS) is 12.4. The highest BCUT2D eigenvalue weighted by atomic mass is 19.1. The summed E-state index contributed by atoms with van der Waals surface area (Å²) in [6.07, 6.45) is 3.30. The minimum Gasteiger partial charge on any atom is -0.334 e. The Kier molecular flexibility index (Phi) is 5.28. The lowest BCUT2D eigenvalue weighted by Crippen LogP contribution is -2.39. The quantitative estimate of drug-likeness (QED) is 0.783. The van der Waals surface area contributed by atoms with Crippen LogP contribution in [0.1, 0.15) is 23.1 Å². The molecule has 5 nitrogen and oxygen atoms in total. The smallest absolute Gasteiger partial charge is 0.315 e. The molecule has 130 valence electrons. The summed E-state index contributed by atoms with van der Waals surface area (Å²) >= 11 is 0. The molecule has 2 aromatic carbocycles. The summed E-state index contributed by atoms with van der Waals surface area (Å²) in [5, 5.41) is 7.90. The summed E-state index contributed by atoms with van der Waals surface area (Å²) < 4.78 is 12.8. The first-order valence-electron chi connectivity index (χ1n) is 8.28. The van der Waals surface area contributed by atoms with Crippen molar-refractivity contribution in [1.82, 2.24) is 10.6 Å². The van der Waals surface area contributed by atoms with Crippen molar-refractivity contribution in [2.75, 3.05) is 11.9 Å². The molecule has 3 amide bonds. The van der Waals surface area contributed by atoms with Gasteiger partial charge in [0.2, 0.25) is 5.91 Å². The van der Waals surface area contributed by atoms with Crippen LogP contribution in [0, 0.1) is 5.82 Å². The fourth-order valence-corrected chi connectivity index (χ4v) is 2.86. The monoisotopic (exact) mass is 341 g/mol. The van der Waals surface area contributed by atoms with Crippen LogP contribution < -0.4 is 16.0 Å². The third-order valence-corrected chi connectivity index (χ3v) is 4.16. The summed E-state index contributed by atoms with van der Waals surface area (Å²) in [5.74, 6) is -0.605. The molecular weight excluding hydrogens is 321 g/mol. The molecular formula is C19H20FN3O2. The number of carbonyl (C=O) groups excluding carboxylic acids is 2. The Balaban J connectivity index is 1.41. The largest absolute Gasteiger partial charge is 0.334 e. The van der Waals surface area contributed by atoms with Gasteiger partial charge in [0, 0.05) is 12.2 Å². The Labute approximate surface area is 145 Å². The third-order valence-electron chi connectivity index (χ3n) is 4.16. The van der Waals surface area contributed by atoms with Crippen LogP contribution in [0.15, 0.2) is 42.5 Å². The number of benzene rings is 2. The summed E-state index contributed by atoms with van der Waals surface area (Å²) in [4.78, 5) is 23.7. The maximum atomic E-state index is 12.8. The molecule has 0 heterocycles. The van der Waals surface area contributed by atoms with E-state index in [-0.39, 0.29) is 24.8 Å². The number of amides is 3. The van der Waals surface area contributed by atoms with Gasteiger partial charge in [-0.05, 0) is 60.2 Å². The molecule has 0 atom stereocenters. The number of halogens is 1. The van der Waals surface area contributed by atoms with Gasteiger partial charge in [-0.3, -0.25) is 4.79 Å². The molecule has 0 unspecified atom stereocenters. The highest BCUT2D eigenvalue weighted by molar-refractivity contribution is 5.94. The van der Waals surface area contributed by atoms with Crippen LogP contribution in [0.4, 0.5) is 14.9 Å². The van der Waals surface area contributed by atoms with Crippen molar-refractivity contribution in [3.05, 3.63) is 65.0 Å². The van der Waals surface area contributed by atoms with Gasteiger partial charge < -0.3 is 16.0 Å². The fourth-order valence-electron chi connectivity index (χ4n) is 2.86. The number of hydrogen-bond donors (Lipinski definition) is 3. The van der Waals surface area contributed by atoms with Gasteiger partial charge in [0.05, 0.1) is 6.54 Å². The van der Waals surface area contributed by atoms with Gasteiger partial charge in [-0.25, -0.2) is 9.18 Å².